The topological polar surface area (TPSA) is 34.1 Å². The van der Waals surface area contributed by atoms with Gasteiger partial charge in [-0.2, -0.15) is 0 Å². The van der Waals surface area contributed by atoms with E-state index in [9.17, 15) is 9.59 Å². The smallest absolute Gasteiger partial charge is 0.129 e. The molecule has 190 valence electrons. The molecule has 0 fully saturated rings. The Morgan fingerprint density at radius 2 is 0.781 bits per heavy atom. The number of Topliss-reactive ketones (excluding diaryl/α,β-unsaturated/α-hetero) is 2. The van der Waals surface area contributed by atoms with Crippen molar-refractivity contribution in [3.05, 3.63) is 12.7 Å². The van der Waals surface area contributed by atoms with E-state index in [4.69, 9.17) is 0 Å². The average Bonchev–Trinajstić information content (AvgIpc) is 2.76. The lowest BCUT2D eigenvalue weighted by molar-refractivity contribution is -0.117. The minimum atomic E-state index is 0.320. The fourth-order valence-corrected chi connectivity index (χ4v) is 3.94. The molecule has 0 saturated heterocycles. The Morgan fingerprint density at radius 1 is 0.500 bits per heavy atom. The van der Waals surface area contributed by atoms with Crippen LogP contribution in [0.4, 0.5) is 0 Å². The lowest BCUT2D eigenvalue weighted by Crippen LogP contribution is -1.89. The van der Waals surface area contributed by atoms with Crippen LogP contribution < -0.4 is 0 Å². The van der Waals surface area contributed by atoms with Crippen molar-refractivity contribution in [2.45, 2.75) is 168 Å². The highest BCUT2D eigenvalue weighted by Crippen LogP contribution is 2.13. The molecule has 0 unspecified atom stereocenters. The van der Waals surface area contributed by atoms with Gasteiger partial charge in [-0.05, 0) is 39.5 Å². The van der Waals surface area contributed by atoms with Crippen LogP contribution in [0, 0.1) is 0 Å². The molecule has 2 nitrogen and oxygen atoms in total. The summed E-state index contributed by atoms with van der Waals surface area (Å²) >= 11 is 0. The van der Waals surface area contributed by atoms with Crippen molar-refractivity contribution in [2.75, 3.05) is 0 Å². The predicted octanol–water partition coefficient (Wildman–Crippen LogP) is 10.3. The van der Waals surface area contributed by atoms with Gasteiger partial charge in [0.2, 0.25) is 0 Å². The molecule has 0 aliphatic carbocycles. The van der Waals surface area contributed by atoms with Crippen molar-refractivity contribution >= 4 is 11.6 Å². The summed E-state index contributed by atoms with van der Waals surface area (Å²) in [7, 11) is 0. The van der Waals surface area contributed by atoms with Gasteiger partial charge in [0.15, 0.2) is 0 Å². The molecular formula is C30H58O2. The van der Waals surface area contributed by atoms with Gasteiger partial charge < -0.3 is 9.59 Å². The second-order valence-electron chi connectivity index (χ2n) is 9.70. The molecular weight excluding hydrogens is 392 g/mol. The Bertz CT molecular complexity index is 400. The first-order valence-electron chi connectivity index (χ1n) is 14.1. The standard InChI is InChI=1S/C19H38O.C11H20O/c1-3-4-5-6-7-8-9-10-11-12-13-14-15-16-17-18-19(2)20;1-3-4-5-6-7-8-9-10-11(2)12/h3-18H2,1-2H3;3H,1,4-10H2,2H3. The maximum Gasteiger partial charge on any atom is 0.129 e. The van der Waals surface area contributed by atoms with Gasteiger partial charge in [-0.3, -0.25) is 0 Å². The molecule has 0 aliphatic heterocycles. The SMILES string of the molecule is C=CCCCCCCCC(C)=O.CCCCCCCCCCCCCCCCCC(C)=O. The van der Waals surface area contributed by atoms with E-state index in [1.165, 1.54) is 116 Å². The van der Waals surface area contributed by atoms with Crippen LogP contribution in [0.15, 0.2) is 12.7 Å². The number of unbranched alkanes of at least 4 members (excludes halogenated alkanes) is 19. The van der Waals surface area contributed by atoms with Gasteiger partial charge in [0, 0.05) is 12.8 Å². The van der Waals surface area contributed by atoms with E-state index >= 15 is 0 Å². The van der Waals surface area contributed by atoms with Gasteiger partial charge in [0.05, 0.1) is 0 Å². The maximum absolute atomic E-state index is 10.8. The van der Waals surface area contributed by atoms with Crippen LogP contribution in [0.5, 0.6) is 0 Å². The summed E-state index contributed by atoms with van der Waals surface area (Å²) in [5.74, 6) is 0.667. The highest BCUT2D eigenvalue weighted by atomic mass is 16.1. The highest BCUT2D eigenvalue weighted by molar-refractivity contribution is 5.75. The molecule has 2 heteroatoms. The number of hydrogen-bond acceptors (Lipinski definition) is 2. The van der Waals surface area contributed by atoms with Gasteiger partial charge in [0.25, 0.3) is 0 Å². The third kappa shape index (κ3) is 36.5. The van der Waals surface area contributed by atoms with Crippen molar-refractivity contribution in [3.8, 4) is 0 Å². The Hall–Kier alpha value is -0.920. The molecule has 0 bridgehead atoms. The Balaban J connectivity index is 0. The molecule has 0 saturated carbocycles. The number of rotatable bonds is 24. The monoisotopic (exact) mass is 450 g/mol. The lowest BCUT2D eigenvalue weighted by atomic mass is 10.0. The molecule has 0 aromatic carbocycles. The van der Waals surface area contributed by atoms with Crippen LogP contribution in [0.2, 0.25) is 0 Å². The highest BCUT2D eigenvalue weighted by Gasteiger charge is 1.96. The maximum atomic E-state index is 10.8. The number of allylic oxidation sites excluding steroid dienone is 1. The summed E-state index contributed by atoms with van der Waals surface area (Å²) in [5, 5.41) is 0. The zero-order valence-electron chi connectivity index (χ0n) is 22.4. The van der Waals surface area contributed by atoms with E-state index in [-0.39, 0.29) is 0 Å². The van der Waals surface area contributed by atoms with Gasteiger partial charge in [-0.1, -0.05) is 122 Å². The third-order valence-electron chi connectivity index (χ3n) is 6.07. The molecule has 0 aromatic heterocycles. The van der Waals surface area contributed by atoms with Gasteiger partial charge in [-0.15, -0.1) is 6.58 Å². The first-order valence-corrected chi connectivity index (χ1v) is 14.1. The fourth-order valence-electron chi connectivity index (χ4n) is 3.94. The summed E-state index contributed by atoms with van der Waals surface area (Å²) < 4.78 is 0. The van der Waals surface area contributed by atoms with Crippen LogP contribution in [-0.2, 0) is 9.59 Å². The molecule has 0 amide bonds. The summed E-state index contributed by atoms with van der Waals surface area (Å²) in [4.78, 5) is 21.3. The lowest BCUT2D eigenvalue weighted by Gasteiger charge is -2.03. The third-order valence-corrected chi connectivity index (χ3v) is 6.07. The quantitative estimate of drug-likeness (QED) is 0.108. The summed E-state index contributed by atoms with van der Waals surface area (Å²) in [5.41, 5.74) is 0. The zero-order valence-corrected chi connectivity index (χ0v) is 22.4. The van der Waals surface area contributed by atoms with E-state index in [0.717, 1.165) is 32.1 Å². The number of hydrogen-bond donors (Lipinski definition) is 0. The van der Waals surface area contributed by atoms with Gasteiger partial charge in [0.1, 0.15) is 11.6 Å². The molecule has 0 radical (unpaired) electrons. The van der Waals surface area contributed by atoms with Crippen molar-refractivity contribution in [1.29, 1.82) is 0 Å². The summed E-state index contributed by atoms with van der Waals surface area (Å²) in [6.07, 6.45) is 31.5. The minimum Gasteiger partial charge on any atom is -0.300 e. The Labute approximate surface area is 202 Å². The normalized spacial score (nSPS) is 10.5. The Morgan fingerprint density at radius 3 is 1.06 bits per heavy atom. The van der Waals surface area contributed by atoms with Crippen molar-refractivity contribution in [1.82, 2.24) is 0 Å². The summed E-state index contributed by atoms with van der Waals surface area (Å²) in [6.45, 7) is 9.32. The molecule has 0 spiro atoms. The van der Waals surface area contributed by atoms with E-state index in [1.807, 2.05) is 6.08 Å². The molecule has 0 N–H and O–H groups in total. The van der Waals surface area contributed by atoms with Crippen LogP contribution in [0.1, 0.15) is 168 Å². The number of carbonyl (C=O) groups is 2. The number of carbonyl (C=O) groups excluding carboxylic acids is 2. The second-order valence-corrected chi connectivity index (χ2v) is 9.70. The average molecular weight is 451 g/mol. The molecule has 32 heavy (non-hydrogen) atoms. The van der Waals surface area contributed by atoms with E-state index in [0.29, 0.717) is 11.6 Å². The van der Waals surface area contributed by atoms with Crippen LogP contribution >= 0.6 is 0 Å². The van der Waals surface area contributed by atoms with Crippen molar-refractivity contribution in [3.63, 3.8) is 0 Å². The molecule has 0 aliphatic rings. The zero-order chi connectivity index (χ0) is 24.1. The minimum absolute atomic E-state index is 0.320. The van der Waals surface area contributed by atoms with Crippen molar-refractivity contribution in [2.24, 2.45) is 0 Å². The van der Waals surface area contributed by atoms with Crippen LogP contribution in [-0.4, -0.2) is 11.6 Å². The van der Waals surface area contributed by atoms with E-state index < -0.39 is 0 Å². The van der Waals surface area contributed by atoms with E-state index in [2.05, 4.69) is 13.5 Å². The molecule has 0 aromatic rings. The molecule has 0 rings (SSSR count). The first-order chi connectivity index (χ1) is 15.5. The van der Waals surface area contributed by atoms with Gasteiger partial charge >= 0.3 is 0 Å². The van der Waals surface area contributed by atoms with Gasteiger partial charge in [-0.25, -0.2) is 0 Å². The van der Waals surface area contributed by atoms with Crippen LogP contribution in [0.25, 0.3) is 0 Å². The Kier molecular flexibility index (Phi) is 31.3. The molecule has 0 atom stereocenters. The largest absolute Gasteiger partial charge is 0.300 e. The summed E-state index contributed by atoms with van der Waals surface area (Å²) in [6, 6.07) is 0. The fraction of sp³-hybridized carbons (Fsp3) is 0.867. The predicted molar refractivity (Wildman–Crippen MR) is 143 cm³/mol. The van der Waals surface area contributed by atoms with Crippen molar-refractivity contribution < 1.29 is 9.59 Å². The second kappa shape index (κ2) is 30.1. The van der Waals surface area contributed by atoms with Crippen LogP contribution in [0.3, 0.4) is 0 Å². The van der Waals surface area contributed by atoms with E-state index in [1.54, 1.807) is 13.8 Å². The first kappa shape index (κ1) is 33.3. The number of ketones is 2. The molecule has 0 heterocycles.